The number of hydrogen-bond acceptors (Lipinski definition) is 3. The molecule has 1 aromatic heterocycles. The number of fused-ring (bicyclic) bond motifs is 3. The fourth-order valence-corrected chi connectivity index (χ4v) is 2.85. The quantitative estimate of drug-likeness (QED) is 0.445. The maximum atomic E-state index is 4.37. The average molecular weight is 210 g/mol. The zero-order valence-corrected chi connectivity index (χ0v) is 8.58. The molecule has 1 aliphatic carbocycles. The largest absolute Gasteiger partial charge is 0.172 e. The van der Waals surface area contributed by atoms with Crippen molar-refractivity contribution in [2.24, 2.45) is 0 Å². The topological polar surface area (TPSA) is 25.8 Å². The highest BCUT2D eigenvalue weighted by atomic mass is 32.1. The van der Waals surface area contributed by atoms with Crippen molar-refractivity contribution in [2.75, 3.05) is 0 Å². The van der Waals surface area contributed by atoms with Crippen molar-refractivity contribution in [2.45, 2.75) is 0 Å². The number of hydrogen-bond donors (Lipinski definition) is 0. The van der Waals surface area contributed by atoms with Gasteiger partial charge in [-0.1, -0.05) is 36.4 Å². The Morgan fingerprint density at radius 3 is 2.00 bits per heavy atom. The molecule has 0 fully saturated rings. The molecule has 0 aliphatic heterocycles. The minimum Gasteiger partial charge on any atom is -0.172 e. The second-order valence-corrected chi connectivity index (χ2v) is 4.20. The molecule has 0 saturated carbocycles. The highest BCUT2D eigenvalue weighted by Gasteiger charge is 2.24. The fraction of sp³-hybridized carbons (Fsp3) is 0. The molecule has 0 unspecified atom stereocenters. The van der Waals surface area contributed by atoms with E-state index in [1.807, 2.05) is 0 Å². The third kappa shape index (κ3) is 0.796. The van der Waals surface area contributed by atoms with E-state index in [9.17, 15) is 0 Å². The van der Waals surface area contributed by atoms with Crippen molar-refractivity contribution in [3.05, 3.63) is 36.4 Å². The predicted octanol–water partition coefficient (Wildman–Crippen LogP) is 3.34. The van der Waals surface area contributed by atoms with Gasteiger partial charge in [0, 0.05) is 16.5 Å². The molecule has 1 aliphatic rings. The van der Waals surface area contributed by atoms with E-state index >= 15 is 0 Å². The van der Waals surface area contributed by atoms with Crippen molar-refractivity contribution >= 4 is 22.5 Å². The van der Waals surface area contributed by atoms with E-state index in [1.54, 1.807) is 0 Å². The van der Waals surface area contributed by atoms with Crippen LogP contribution in [0.1, 0.15) is 0 Å². The Labute approximate surface area is 90.5 Å². The molecule has 2 aromatic carbocycles. The van der Waals surface area contributed by atoms with Crippen LogP contribution >= 0.6 is 11.7 Å². The Kier molecular flexibility index (Phi) is 1.22. The predicted molar refractivity (Wildman–Crippen MR) is 61.8 cm³/mol. The highest BCUT2D eigenvalue weighted by Crippen LogP contribution is 2.45. The van der Waals surface area contributed by atoms with Crippen LogP contribution in [-0.2, 0) is 0 Å². The molecule has 0 spiro atoms. The lowest BCUT2D eigenvalue weighted by molar-refractivity contribution is 1.54. The number of rotatable bonds is 0. The summed E-state index contributed by atoms with van der Waals surface area (Å²) in [6, 6.07) is 12.7. The van der Waals surface area contributed by atoms with Gasteiger partial charge >= 0.3 is 0 Å². The van der Waals surface area contributed by atoms with Gasteiger partial charge in [-0.25, -0.2) is 0 Å². The molecule has 15 heavy (non-hydrogen) atoms. The summed E-state index contributed by atoms with van der Waals surface area (Å²) in [5, 5.41) is 2.58. The molecule has 0 amide bonds. The third-order valence-corrected chi connectivity index (χ3v) is 3.43. The van der Waals surface area contributed by atoms with Crippen LogP contribution in [0.25, 0.3) is 33.3 Å². The van der Waals surface area contributed by atoms with Crippen molar-refractivity contribution in [3.63, 3.8) is 0 Å². The molecule has 3 heteroatoms. The van der Waals surface area contributed by atoms with E-state index < -0.39 is 0 Å². The van der Waals surface area contributed by atoms with Crippen molar-refractivity contribution in [1.29, 1.82) is 0 Å². The number of nitrogens with zero attached hydrogens (tertiary/aromatic N) is 2. The fourth-order valence-electron chi connectivity index (χ4n) is 2.28. The molecular formula is C12H6N2S. The summed E-state index contributed by atoms with van der Waals surface area (Å²) >= 11 is 1.29. The van der Waals surface area contributed by atoms with E-state index in [1.165, 1.54) is 33.6 Å². The van der Waals surface area contributed by atoms with E-state index in [0.29, 0.717) is 0 Å². The van der Waals surface area contributed by atoms with Gasteiger partial charge in [-0.2, -0.15) is 8.75 Å². The van der Waals surface area contributed by atoms with Gasteiger partial charge in [-0.05, 0) is 5.39 Å². The first-order valence-electron chi connectivity index (χ1n) is 4.80. The molecule has 2 nitrogen and oxygen atoms in total. The highest BCUT2D eigenvalue weighted by molar-refractivity contribution is 6.99. The van der Waals surface area contributed by atoms with E-state index in [-0.39, 0.29) is 0 Å². The standard InChI is InChI=1S/C12H6N2S/c1-3-7-4-2-6-9-10(7)8(5-1)11-12(9)14-15-13-11/h1-6H. The zero-order chi connectivity index (χ0) is 9.83. The molecule has 0 saturated heterocycles. The first-order chi connectivity index (χ1) is 7.45. The summed E-state index contributed by atoms with van der Waals surface area (Å²) in [4.78, 5) is 0. The summed E-state index contributed by atoms with van der Waals surface area (Å²) in [5.41, 5.74) is 4.55. The van der Waals surface area contributed by atoms with Crippen LogP contribution in [0, 0.1) is 0 Å². The Morgan fingerprint density at radius 2 is 1.40 bits per heavy atom. The van der Waals surface area contributed by atoms with Gasteiger partial charge in [0.2, 0.25) is 0 Å². The van der Waals surface area contributed by atoms with Gasteiger partial charge < -0.3 is 0 Å². The number of aromatic nitrogens is 2. The van der Waals surface area contributed by atoms with Crippen LogP contribution in [0.4, 0.5) is 0 Å². The maximum absolute atomic E-state index is 4.37. The summed E-state index contributed by atoms with van der Waals surface area (Å²) in [7, 11) is 0. The maximum Gasteiger partial charge on any atom is 0.113 e. The van der Waals surface area contributed by atoms with E-state index in [4.69, 9.17) is 0 Å². The Morgan fingerprint density at radius 1 is 0.800 bits per heavy atom. The Balaban J connectivity index is 2.35. The zero-order valence-electron chi connectivity index (χ0n) is 7.77. The monoisotopic (exact) mass is 210 g/mol. The van der Waals surface area contributed by atoms with Crippen LogP contribution in [0.3, 0.4) is 0 Å². The molecule has 0 atom stereocenters. The number of benzene rings is 2. The Hall–Kier alpha value is -1.74. The molecule has 0 N–H and O–H groups in total. The average Bonchev–Trinajstić information content (AvgIpc) is 2.84. The molecule has 1 heterocycles. The van der Waals surface area contributed by atoms with Crippen molar-refractivity contribution < 1.29 is 0 Å². The van der Waals surface area contributed by atoms with Crippen LogP contribution in [0.5, 0.6) is 0 Å². The summed E-state index contributed by atoms with van der Waals surface area (Å²) in [6.45, 7) is 0. The second kappa shape index (κ2) is 2.44. The smallest absolute Gasteiger partial charge is 0.113 e. The normalized spacial score (nSPS) is 12.0. The van der Waals surface area contributed by atoms with Crippen molar-refractivity contribution in [1.82, 2.24) is 8.75 Å². The molecular weight excluding hydrogens is 204 g/mol. The first-order valence-corrected chi connectivity index (χ1v) is 5.53. The van der Waals surface area contributed by atoms with Crippen LogP contribution in [-0.4, -0.2) is 8.75 Å². The molecule has 3 aromatic rings. The van der Waals surface area contributed by atoms with Crippen LogP contribution in [0.15, 0.2) is 36.4 Å². The minimum atomic E-state index is 1.05. The van der Waals surface area contributed by atoms with E-state index in [2.05, 4.69) is 45.1 Å². The molecule has 4 rings (SSSR count). The van der Waals surface area contributed by atoms with Gasteiger partial charge in [0.1, 0.15) is 11.4 Å². The van der Waals surface area contributed by atoms with Gasteiger partial charge in [-0.3, -0.25) is 0 Å². The van der Waals surface area contributed by atoms with Gasteiger partial charge in [0.15, 0.2) is 0 Å². The van der Waals surface area contributed by atoms with Crippen molar-refractivity contribution in [3.8, 4) is 22.5 Å². The van der Waals surface area contributed by atoms with Gasteiger partial charge in [0.05, 0.1) is 11.7 Å². The minimum absolute atomic E-state index is 1.05. The molecule has 0 radical (unpaired) electrons. The lowest BCUT2D eigenvalue weighted by Crippen LogP contribution is -1.75. The third-order valence-electron chi connectivity index (χ3n) is 2.90. The summed E-state index contributed by atoms with van der Waals surface area (Å²) in [6.07, 6.45) is 0. The summed E-state index contributed by atoms with van der Waals surface area (Å²) in [5.74, 6) is 0. The second-order valence-electron chi connectivity index (χ2n) is 3.67. The first kappa shape index (κ1) is 7.54. The Bertz CT molecular complexity index is 632. The van der Waals surface area contributed by atoms with Gasteiger partial charge in [-0.15, -0.1) is 0 Å². The lowest BCUT2D eigenvalue weighted by Gasteiger charge is -1.99. The van der Waals surface area contributed by atoms with E-state index in [0.717, 1.165) is 11.4 Å². The summed E-state index contributed by atoms with van der Waals surface area (Å²) < 4.78 is 8.73. The van der Waals surface area contributed by atoms with Crippen LogP contribution < -0.4 is 0 Å². The SMILES string of the molecule is c1cc2c3c(cccc3c1)-c1nsnc1-2. The lowest BCUT2D eigenvalue weighted by atomic mass is 10.0. The molecule has 70 valence electrons. The van der Waals surface area contributed by atoms with Gasteiger partial charge in [0.25, 0.3) is 0 Å². The van der Waals surface area contributed by atoms with Crippen LogP contribution in [0.2, 0.25) is 0 Å². The molecule has 0 bridgehead atoms.